The van der Waals surface area contributed by atoms with Crippen molar-refractivity contribution < 1.29 is 19.7 Å². The number of hydrogen-bond donors (Lipinski definition) is 2. The maximum absolute atomic E-state index is 9.31. The molecule has 1 rings (SSSR count). The van der Waals surface area contributed by atoms with Crippen molar-refractivity contribution in [1.29, 1.82) is 0 Å². The Morgan fingerprint density at radius 2 is 2.45 bits per heavy atom. The fourth-order valence-electron chi connectivity index (χ4n) is 1.27. The molecule has 1 fully saturated rings. The van der Waals surface area contributed by atoms with Crippen LogP contribution >= 0.6 is 0 Å². The van der Waals surface area contributed by atoms with Crippen molar-refractivity contribution in [1.82, 2.24) is 0 Å². The molecule has 11 heavy (non-hydrogen) atoms. The van der Waals surface area contributed by atoms with Gasteiger partial charge in [0.2, 0.25) is 0 Å². The molecule has 1 saturated heterocycles. The van der Waals surface area contributed by atoms with Gasteiger partial charge in [-0.25, -0.2) is 0 Å². The maximum Gasteiger partial charge on any atom is 0.112 e. The Morgan fingerprint density at radius 3 is 2.82 bits per heavy atom. The molecular weight excluding hydrogens is 148 g/mol. The third-order valence-electron chi connectivity index (χ3n) is 1.95. The maximum atomic E-state index is 9.31. The molecule has 0 aromatic rings. The largest absolute Gasteiger partial charge is 0.394 e. The van der Waals surface area contributed by atoms with E-state index in [4.69, 9.17) is 14.6 Å². The summed E-state index contributed by atoms with van der Waals surface area (Å²) in [7, 11) is 1.50. The van der Waals surface area contributed by atoms with Crippen molar-refractivity contribution in [3.05, 3.63) is 0 Å². The summed E-state index contributed by atoms with van der Waals surface area (Å²) < 4.78 is 10.1. The van der Waals surface area contributed by atoms with Crippen LogP contribution in [-0.2, 0) is 9.47 Å². The molecule has 3 unspecified atom stereocenters. The molecule has 0 radical (unpaired) electrons. The van der Waals surface area contributed by atoms with Gasteiger partial charge >= 0.3 is 0 Å². The Hall–Kier alpha value is -0.160. The normalized spacial score (nSPS) is 34.1. The first kappa shape index (κ1) is 8.93. The SMILES string of the molecule is COC(CO)C1OCCC1O. The lowest BCUT2D eigenvalue weighted by Crippen LogP contribution is -2.38. The standard InChI is InChI=1S/C7H14O4/c1-10-6(4-8)7-5(9)2-3-11-7/h5-9H,2-4H2,1H3. The quantitative estimate of drug-likeness (QED) is 0.567. The van der Waals surface area contributed by atoms with Crippen molar-refractivity contribution in [2.24, 2.45) is 0 Å². The second-order valence-electron chi connectivity index (χ2n) is 2.65. The van der Waals surface area contributed by atoms with Crippen LogP contribution in [0.25, 0.3) is 0 Å². The van der Waals surface area contributed by atoms with E-state index >= 15 is 0 Å². The molecule has 4 nitrogen and oxygen atoms in total. The van der Waals surface area contributed by atoms with E-state index in [-0.39, 0.29) is 12.7 Å². The Bertz CT molecular complexity index is 113. The number of aliphatic hydroxyl groups excluding tert-OH is 2. The van der Waals surface area contributed by atoms with E-state index in [0.717, 1.165) is 0 Å². The average molecular weight is 162 g/mol. The zero-order chi connectivity index (χ0) is 8.27. The predicted octanol–water partition coefficient (Wildman–Crippen LogP) is -0.857. The highest BCUT2D eigenvalue weighted by Crippen LogP contribution is 2.17. The molecular formula is C7H14O4. The third kappa shape index (κ3) is 1.90. The molecule has 1 aliphatic heterocycles. The van der Waals surface area contributed by atoms with E-state index in [1.54, 1.807) is 0 Å². The zero-order valence-corrected chi connectivity index (χ0v) is 6.56. The van der Waals surface area contributed by atoms with E-state index < -0.39 is 12.2 Å². The third-order valence-corrected chi connectivity index (χ3v) is 1.95. The molecule has 1 heterocycles. The fraction of sp³-hybridized carbons (Fsp3) is 1.00. The van der Waals surface area contributed by atoms with Gasteiger partial charge in [-0.05, 0) is 6.42 Å². The summed E-state index contributed by atoms with van der Waals surface area (Å²) in [5.41, 5.74) is 0. The minimum absolute atomic E-state index is 0.113. The summed E-state index contributed by atoms with van der Waals surface area (Å²) in [6.45, 7) is 0.434. The lowest BCUT2D eigenvalue weighted by Gasteiger charge is -2.21. The molecule has 3 atom stereocenters. The second kappa shape index (κ2) is 4.01. The summed E-state index contributed by atoms with van der Waals surface area (Å²) in [4.78, 5) is 0. The predicted molar refractivity (Wildman–Crippen MR) is 38.2 cm³/mol. The van der Waals surface area contributed by atoms with Gasteiger partial charge in [-0.2, -0.15) is 0 Å². The van der Waals surface area contributed by atoms with Crippen molar-refractivity contribution in [2.75, 3.05) is 20.3 Å². The molecule has 0 aliphatic carbocycles. The number of aliphatic hydroxyl groups is 2. The number of methoxy groups -OCH3 is 1. The van der Waals surface area contributed by atoms with Crippen LogP contribution in [-0.4, -0.2) is 48.8 Å². The van der Waals surface area contributed by atoms with Gasteiger partial charge in [-0.3, -0.25) is 0 Å². The van der Waals surface area contributed by atoms with Gasteiger partial charge in [0.15, 0.2) is 0 Å². The first-order valence-corrected chi connectivity index (χ1v) is 3.73. The first-order valence-electron chi connectivity index (χ1n) is 3.73. The van der Waals surface area contributed by atoms with Gasteiger partial charge in [0, 0.05) is 13.7 Å². The number of rotatable bonds is 3. The molecule has 66 valence electrons. The molecule has 4 heteroatoms. The molecule has 0 aromatic heterocycles. The highest BCUT2D eigenvalue weighted by molar-refractivity contribution is 4.82. The van der Waals surface area contributed by atoms with E-state index in [2.05, 4.69) is 0 Å². The summed E-state index contributed by atoms with van der Waals surface area (Å²) in [6.07, 6.45) is -0.616. The lowest BCUT2D eigenvalue weighted by atomic mass is 10.1. The highest BCUT2D eigenvalue weighted by atomic mass is 16.6. The lowest BCUT2D eigenvalue weighted by molar-refractivity contribution is -0.0824. The minimum atomic E-state index is -0.493. The fourth-order valence-corrected chi connectivity index (χ4v) is 1.27. The number of hydrogen-bond acceptors (Lipinski definition) is 4. The van der Waals surface area contributed by atoms with E-state index in [9.17, 15) is 5.11 Å². The Labute approximate surface area is 65.7 Å². The molecule has 0 aromatic carbocycles. The van der Waals surface area contributed by atoms with Gasteiger partial charge in [0.25, 0.3) is 0 Å². The van der Waals surface area contributed by atoms with E-state index in [1.807, 2.05) is 0 Å². The van der Waals surface area contributed by atoms with Crippen LogP contribution in [0, 0.1) is 0 Å². The average Bonchev–Trinajstić information content (AvgIpc) is 2.40. The number of ether oxygens (including phenoxy) is 2. The van der Waals surface area contributed by atoms with Gasteiger partial charge in [0.05, 0.1) is 12.7 Å². The van der Waals surface area contributed by atoms with Crippen LogP contribution < -0.4 is 0 Å². The second-order valence-corrected chi connectivity index (χ2v) is 2.65. The summed E-state index contributed by atoms with van der Waals surface area (Å²) in [5, 5.41) is 18.1. The van der Waals surface area contributed by atoms with E-state index in [1.165, 1.54) is 7.11 Å². The zero-order valence-electron chi connectivity index (χ0n) is 6.56. The van der Waals surface area contributed by atoms with Crippen molar-refractivity contribution in [3.8, 4) is 0 Å². The summed E-state index contributed by atoms with van der Waals surface area (Å²) >= 11 is 0. The van der Waals surface area contributed by atoms with Crippen LogP contribution in [0.5, 0.6) is 0 Å². The highest BCUT2D eigenvalue weighted by Gasteiger charge is 2.33. The van der Waals surface area contributed by atoms with Gasteiger partial charge in [0.1, 0.15) is 12.2 Å². The van der Waals surface area contributed by atoms with Crippen molar-refractivity contribution in [2.45, 2.75) is 24.7 Å². The van der Waals surface area contributed by atoms with Crippen LogP contribution in [0.15, 0.2) is 0 Å². The van der Waals surface area contributed by atoms with Crippen LogP contribution in [0.1, 0.15) is 6.42 Å². The van der Waals surface area contributed by atoms with Crippen LogP contribution in [0.3, 0.4) is 0 Å². The smallest absolute Gasteiger partial charge is 0.112 e. The Balaban J connectivity index is 2.43. The molecule has 0 bridgehead atoms. The molecule has 1 aliphatic rings. The van der Waals surface area contributed by atoms with Gasteiger partial charge in [-0.15, -0.1) is 0 Å². The Morgan fingerprint density at radius 1 is 1.73 bits per heavy atom. The van der Waals surface area contributed by atoms with Gasteiger partial charge in [-0.1, -0.05) is 0 Å². The topological polar surface area (TPSA) is 58.9 Å². The van der Waals surface area contributed by atoms with Crippen molar-refractivity contribution in [3.63, 3.8) is 0 Å². The summed E-state index contributed by atoms with van der Waals surface area (Å²) in [6, 6.07) is 0. The molecule has 0 spiro atoms. The summed E-state index contributed by atoms with van der Waals surface area (Å²) in [5.74, 6) is 0. The molecule has 0 amide bonds. The van der Waals surface area contributed by atoms with Crippen molar-refractivity contribution >= 4 is 0 Å². The minimum Gasteiger partial charge on any atom is -0.394 e. The van der Waals surface area contributed by atoms with Crippen LogP contribution in [0.2, 0.25) is 0 Å². The van der Waals surface area contributed by atoms with Gasteiger partial charge < -0.3 is 19.7 Å². The molecule has 0 saturated carbocycles. The first-order chi connectivity index (χ1) is 5.29. The monoisotopic (exact) mass is 162 g/mol. The van der Waals surface area contributed by atoms with Crippen LogP contribution in [0.4, 0.5) is 0 Å². The molecule has 2 N–H and O–H groups in total. The van der Waals surface area contributed by atoms with E-state index in [0.29, 0.717) is 13.0 Å². The Kier molecular flexibility index (Phi) is 3.26.